The third-order valence-electron chi connectivity index (χ3n) is 6.04. The highest BCUT2D eigenvalue weighted by Gasteiger charge is 2.18. The quantitative estimate of drug-likeness (QED) is 0.114. The zero-order valence-corrected chi connectivity index (χ0v) is 25.4. The van der Waals surface area contributed by atoms with Gasteiger partial charge in [-0.05, 0) is 51.0 Å². The molecule has 0 aliphatic carbocycles. The monoisotopic (exact) mass is 576 g/mol. The first kappa shape index (κ1) is 33.5. The van der Waals surface area contributed by atoms with Gasteiger partial charge in [-0.1, -0.05) is 51.5 Å². The largest absolute Gasteiger partial charge is 0.399 e. The Morgan fingerprint density at radius 1 is 1.02 bits per heavy atom. The van der Waals surface area contributed by atoms with Gasteiger partial charge in [0.05, 0.1) is 11.9 Å². The molecule has 0 aliphatic rings. The second-order valence-corrected chi connectivity index (χ2v) is 10.4. The van der Waals surface area contributed by atoms with E-state index in [-0.39, 0.29) is 42.7 Å². The minimum atomic E-state index is -0.477. The highest BCUT2D eigenvalue weighted by Crippen LogP contribution is 2.23. The van der Waals surface area contributed by atoms with E-state index in [1.54, 1.807) is 42.5 Å². The number of carbonyl (C=O) groups excluding carboxylic acids is 2. The molecule has 2 aromatic carbocycles. The molecular formula is C31H44N8O3. The smallest absolute Gasteiger partial charge is 0.294 e. The van der Waals surface area contributed by atoms with E-state index in [9.17, 15) is 14.4 Å². The molecule has 8 N–H and O–H groups in total. The molecule has 3 aromatic rings. The van der Waals surface area contributed by atoms with E-state index in [0.717, 1.165) is 12.0 Å². The van der Waals surface area contributed by atoms with Crippen LogP contribution >= 0.6 is 0 Å². The molecule has 0 fully saturated rings. The van der Waals surface area contributed by atoms with Crippen molar-refractivity contribution < 1.29 is 9.59 Å². The van der Waals surface area contributed by atoms with Crippen LogP contribution in [0.3, 0.4) is 0 Å². The van der Waals surface area contributed by atoms with Crippen molar-refractivity contribution in [2.24, 2.45) is 5.73 Å². The number of hydrogen-bond donors (Lipinski definition) is 6. The van der Waals surface area contributed by atoms with E-state index < -0.39 is 11.5 Å². The van der Waals surface area contributed by atoms with Crippen LogP contribution in [0.5, 0.6) is 0 Å². The standard InChI is InChI=1S/C28H36N8O3.C3H8/c1-5-17(4)35-27(38)21-10-20(11-22(29)12-21)23-14-33-26(34-16(2)3)28(39)36(23)15-24(37)32-13-18-6-8-19(9-7-18)25(30)31;1-3-2/h6-12,14,16-17H,5,13,15,29H2,1-4H3,(H3,30,31)(H,32,37)(H,33,34)(H,35,38);3H2,1-2H3. The van der Waals surface area contributed by atoms with Crippen LogP contribution in [0.2, 0.25) is 0 Å². The zero-order valence-electron chi connectivity index (χ0n) is 25.4. The molecule has 1 unspecified atom stereocenters. The van der Waals surface area contributed by atoms with Crippen LogP contribution in [-0.2, 0) is 17.9 Å². The van der Waals surface area contributed by atoms with Gasteiger partial charge < -0.3 is 27.4 Å². The highest BCUT2D eigenvalue weighted by atomic mass is 16.2. The summed E-state index contributed by atoms with van der Waals surface area (Å²) in [4.78, 5) is 43.5. The van der Waals surface area contributed by atoms with Crippen molar-refractivity contribution in [3.63, 3.8) is 0 Å². The molecule has 11 heteroatoms. The fourth-order valence-corrected chi connectivity index (χ4v) is 3.79. The number of aromatic nitrogens is 2. The Morgan fingerprint density at radius 2 is 1.67 bits per heavy atom. The van der Waals surface area contributed by atoms with Crippen LogP contribution in [0.1, 0.15) is 75.9 Å². The number of nitrogens with one attached hydrogen (secondary N) is 4. The molecular weight excluding hydrogens is 532 g/mol. The minimum Gasteiger partial charge on any atom is -0.399 e. The molecule has 0 saturated heterocycles. The minimum absolute atomic E-state index is 0.0222. The lowest BCUT2D eigenvalue weighted by Gasteiger charge is -2.17. The molecule has 42 heavy (non-hydrogen) atoms. The first-order valence-electron chi connectivity index (χ1n) is 14.2. The van der Waals surface area contributed by atoms with Crippen LogP contribution in [0.25, 0.3) is 11.3 Å². The molecule has 1 aromatic heterocycles. The van der Waals surface area contributed by atoms with E-state index >= 15 is 0 Å². The van der Waals surface area contributed by atoms with Gasteiger partial charge in [0, 0.05) is 41.0 Å². The first-order chi connectivity index (χ1) is 19.9. The number of amides is 2. The maximum atomic E-state index is 13.4. The Labute approximate surface area is 247 Å². The number of anilines is 2. The molecule has 0 saturated carbocycles. The number of nitrogens with zero attached hydrogens (tertiary/aromatic N) is 2. The summed E-state index contributed by atoms with van der Waals surface area (Å²) in [6.07, 6.45) is 3.51. The van der Waals surface area contributed by atoms with Crippen molar-refractivity contribution >= 4 is 29.2 Å². The van der Waals surface area contributed by atoms with Gasteiger partial charge in [0.15, 0.2) is 5.82 Å². The second-order valence-electron chi connectivity index (χ2n) is 10.4. The van der Waals surface area contributed by atoms with Crippen LogP contribution in [-0.4, -0.2) is 39.3 Å². The lowest BCUT2D eigenvalue weighted by atomic mass is 10.1. The van der Waals surface area contributed by atoms with Crippen LogP contribution < -0.4 is 33.0 Å². The summed E-state index contributed by atoms with van der Waals surface area (Å²) in [6, 6.07) is 11.7. The van der Waals surface area contributed by atoms with E-state index in [4.69, 9.17) is 16.9 Å². The van der Waals surface area contributed by atoms with Crippen molar-refractivity contribution in [2.75, 3.05) is 11.1 Å². The number of carbonyl (C=O) groups is 2. The average molecular weight is 577 g/mol. The van der Waals surface area contributed by atoms with Gasteiger partial charge in [0.2, 0.25) is 5.91 Å². The summed E-state index contributed by atoms with van der Waals surface area (Å²) < 4.78 is 1.32. The van der Waals surface area contributed by atoms with Gasteiger partial charge in [-0.3, -0.25) is 24.4 Å². The molecule has 0 radical (unpaired) electrons. The maximum Gasteiger partial charge on any atom is 0.294 e. The van der Waals surface area contributed by atoms with Crippen molar-refractivity contribution in [3.05, 3.63) is 75.7 Å². The van der Waals surface area contributed by atoms with Crippen LogP contribution in [0.4, 0.5) is 11.5 Å². The summed E-state index contributed by atoms with van der Waals surface area (Å²) in [5.74, 6) is -0.608. The summed E-state index contributed by atoms with van der Waals surface area (Å²) >= 11 is 0. The molecule has 1 heterocycles. The predicted molar refractivity (Wildman–Crippen MR) is 170 cm³/mol. The zero-order chi connectivity index (χ0) is 31.4. The number of nitrogen functional groups attached to an aromatic ring is 2. The second kappa shape index (κ2) is 15.9. The van der Waals surface area contributed by atoms with Gasteiger partial charge in [0.25, 0.3) is 11.5 Å². The molecule has 1 atom stereocenters. The van der Waals surface area contributed by atoms with Crippen LogP contribution in [0.15, 0.2) is 53.5 Å². The normalized spacial score (nSPS) is 11.2. The summed E-state index contributed by atoms with van der Waals surface area (Å²) in [6.45, 7) is 11.8. The molecule has 226 valence electrons. The Bertz CT molecular complexity index is 1430. The third kappa shape index (κ3) is 9.76. The first-order valence-corrected chi connectivity index (χ1v) is 14.2. The number of benzene rings is 2. The summed E-state index contributed by atoms with van der Waals surface area (Å²) in [5.41, 5.74) is 14.0. The summed E-state index contributed by atoms with van der Waals surface area (Å²) in [7, 11) is 0. The average Bonchev–Trinajstić information content (AvgIpc) is 2.94. The Balaban J connectivity index is 0.00000197. The Kier molecular flexibility index (Phi) is 12.7. The summed E-state index contributed by atoms with van der Waals surface area (Å²) in [5, 5.41) is 16.2. The van der Waals surface area contributed by atoms with E-state index in [1.165, 1.54) is 17.2 Å². The van der Waals surface area contributed by atoms with Crippen molar-refractivity contribution in [1.29, 1.82) is 5.41 Å². The molecule has 2 amide bonds. The van der Waals surface area contributed by atoms with Crippen molar-refractivity contribution in [2.45, 2.75) is 79.6 Å². The number of rotatable bonds is 11. The SMILES string of the molecule is CCC.CCC(C)NC(=O)c1cc(N)cc(-c2cnc(NC(C)C)c(=O)n2CC(=O)NCc2ccc(C(=N)N)cc2)c1. The van der Waals surface area contributed by atoms with Crippen molar-refractivity contribution in [1.82, 2.24) is 20.2 Å². The topological polar surface area (TPSA) is 181 Å². The number of amidine groups is 1. The lowest BCUT2D eigenvalue weighted by molar-refractivity contribution is -0.121. The fraction of sp³-hybridized carbons (Fsp3) is 0.387. The maximum absolute atomic E-state index is 13.4. The van der Waals surface area contributed by atoms with Crippen LogP contribution in [0, 0.1) is 5.41 Å². The fourth-order valence-electron chi connectivity index (χ4n) is 3.79. The van der Waals surface area contributed by atoms with Gasteiger partial charge in [-0.2, -0.15) is 0 Å². The molecule has 3 rings (SSSR count). The number of hydrogen-bond acceptors (Lipinski definition) is 7. The lowest BCUT2D eigenvalue weighted by Crippen LogP contribution is -2.35. The van der Waals surface area contributed by atoms with E-state index in [2.05, 4.69) is 34.8 Å². The van der Waals surface area contributed by atoms with Gasteiger partial charge in [-0.25, -0.2) is 4.98 Å². The molecule has 0 aliphatic heterocycles. The van der Waals surface area contributed by atoms with Crippen molar-refractivity contribution in [3.8, 4) is 11.3 Å². The Morgan fingerprint density at radius 3 is 2.24 bits per heavy atom. The van der Waals surface area contributed by atoms with Gasteiger partial charge in [-0.15, -0.1) is 0 Å². The molecule has 0 bridgehead atoms. The molecule has 0 spiro atoms. The van der Waals surface area contributed by atoms with Gasteiger partial charge in [0.1, 0.15) is 12.4 Å². The van der Waals surface area contributed by atoms with Gasteiger partial charge >= 0.3 is 0 Å². The third-order valence-corrected chi connectivity index (χ3v) is 6.04. The molecule has 11 nitrogen and oxygen atoms in total. The van der Waals surface area contributed by atoms with E-state index in [0.29, 0.717) is 28.1 Å². The Hall–Kier alpha value is -4.67. The highest BCUT2D eigenvalue weighted by molar-refractivity contribution is 5.97. The number of nitrogens with two attached hydrogens (primary N) is 2. The van der Waals surface area contributed by atoms with E-state index in [1.807, 2.05) is 27.7 Å². The predicted octanol–water partition coefficient (Wildman–Crippen LogP) is 3.86.